The van der Waals surface area contributed by atoms with Crippen LogP contribution >= 0.6 is 15.9 Å². The van der Waals surface area contributed by atoms with Crippen LogP contribution in [-0.2, 0) is 19.1 Å². The molecule has 2 N–H and O–H groups in total. The van der Waals surface area contributed by atoms with Gasteiger partial charge in [-0.25, -0.2) is 0 Å². The minimum Gasteiger partial charge on any atom is -0.456 e. The molecule has 0 heterocycles. The second kappa shape index (κ2) is 10.7. The second-order valence-electron chi connectivity index (χ2n) is 6.81. The fraction of sp³-hybridized carbons (Fsp3) is 0.273. The molecule has 0 atom stereocenters. The van der Waals surface area contributed by atoms with Crippen LogP contribution in [0.2, 0.25) is 0 Å². The molecule has 0 unspecified atom stereocenters. The van der Waals surface area contributed by atoms with Crippen molar-refractivity contribution in [2.24, 2.45) is 0 Å². The maximum absolute atomic E-state index is 12.0. The Hall–Kier alpha value is -3.00. The monoisotopic (exact) mass is 474 g/mol. The first-order chi connectivity index (χ1) is 14.2. The van der Waals surface area contributed by atoms with Gasteiger partial charge in [-0.15, -0.1) is 0 Å². The third kappa shape index (κ3) is 7.11. The Bertz CT molecular complexity index is 947. The fourth-order valence-electron chi connectivity index (χ4n) is 2.66. The second-order valence-corrected chi connectivity index (χ2v) is 7.61. The van der Waals surface area contributed by atoms with Crippen molar-refractivity contribution in [1.29, 1.82) is 0 Å². The Labute approximate surface area is 183 Å². The number of nitrogens with one attached hydrogen (secondary N) is 2. The first-order valence-electron chi connectivity index (χ1n) is 9.29. The van der Waals surface area contributed by atoms with Crippen molar-refractivity contribution in [3.8, 4) is 0 Å². The van der Waals surface area contributed by atoms with Gasteiger partial charge in [-0.05, 0) is 68.3 Å². The molecule has 7 nitrogen and oxygen atoms in total. The lowest BCUT2D eigenvalue weighted by Gasteiger charge is -2.10. The molecule has 2 amide bonds. The van der Waals surface area contributed by atoms with Gasteiger partial charge in [0.25, 0.3) is 5.91 Å². The molecule has 30 heavy (non-hydrogen) atoms. The van der Waals surface area contributed by atoms with Gasteiger partial charge in [0.2, 0.25) is 5.91 Å². The molecule has 0 aliphatic carbocycles. The molecule has 8 heteroatoms. The highest BCUT2D eigenvalue weighted by molar-refractivity contribution is 9.10. The number of ether oxygens (including phenoxy) is 1. The van der Waals surface area contributed by atoms with Gasteiger partial charge >= 0.3 is 5.97 Å². The summed E-state index contributed by atoms with van der Waals surface area (Å²) in [5, 5.41) is 5.31. The molecule has 0 spiro atoms. The number of Topliss-reactive ketones (excluding diaryl/α,β-unsaturated/α-hetero) is 1. The van der Waals surface area contributed by atoms with Crippen molar-refractivity contribution >= 4 is 50.9 Å². The summed E-state index contributed by atoms with van der Waals surface area (Å²) in [4.78, 5) is 47.0. The number of hydrogen-bond donors (Lipinski definition) is 2. The fourth-order valence-corrected chi connectivity index (χ4v) is 2.89. The molecule has 0 aromatic heterocycles. The number of esters is 1. The van der Waals surface area contributed by atoms with Crippen LogP contribution in [0.25, 0.3) is 0 Å². The van der Waals surface area contributed by atoms with Crippen molar-refractivity contribution in [3.05, 3.63) is 57.6 Å². The first-order valence-corrected chi connectivity index (χ1v) is 10.1. The molecule has 2 rings (SSSR count). The predicted octanol–water partition coefficient (Wildman–Crippen LogP) is 4.17. The molecular weight excluding hydrogens is 452 g/mol. The van der Waals surface area contributed by atoms with Gasteiger partial charge in [-0.3, -0.25) is 19.2 Å². The molecular formula is C22H23BrN2O5. The summed E-state index contributed by atoms with van der Waals surface area (Å²) in [6.45, 7) is 4.85. The average Bonchev–Trinajstić information content (AvgIpc) is 2.69. The van der Waals surface area contributed by atoms with Crippen LogP contribution in [0.15, 0.2) is 40.9 Å². The Morgan fingerprint density at radius 1 is 0.867 bits per heavy atom. The number of benzene rings is 2. The first kappa shape index (κ1) is 23.3. The lowest BCUT2D eigenvalue weighted by molar-refractivity contribution is -0.147. The zero-order valence-corrected chi connectivity index (χ0v) is 18.6. The summed E-state index contributed by atoms with van der Waals surface area (Å²) < 4.78 is 5.90. The van der Waals surface area contributed by atoms with E-state index in [2.05, 4.69) is 26.6 Å². The van der Waals surface area contributed by atoms with Crippen LogP contribution < -0.4 is 10.6 Å². The van der Waals surface area contributed by atoms with E-state index in [0.717, 1.165) is 15.6 Å². The molecule has 0 aliphatic rings. The number of amides is 2. The number of rotatable bonds is 8. The van der Waals surface area contributed by atoms with Crippen molar-refractivity contribution in [2.75, 3.05) is 17.2 Å². The highest BCUT2D eigenvalue weighted by atomic mass is 79.9. The number of ketones is 1. The quantitative estimate of drug-likeness (QED) is 0.441. The molecule has 2 aromatic carbocycles. The average molecular weight is 475 g/mol. The molecule has 0 fully saturated rings. The number of carbonyl (C=O) groups is 4. The molecule has 158 valence electrons. The Morgan fingerprint density at radius 2 is 1.43 bits per heavy atom. The molecule has 0 bridgehead atoms. The third-order valence-electron chi connectivity index (χ3n) is 4.22. The summed E-state index contributed by atoms with van der Waals surface area (Å²) in [6, 6.07) is 10.1. The lowest BCUT2D eigenvalue weighted by Crippen LogP contribution is -2.22. The Morgan fingerprint density at radius 3 is 2.00 bits per heavy atom. The van der Waals surface area contributed by atoms with Crippen LogP contribution in [0.5, 0.6) is 0 Å². The van der Waals surface area contributed by atoms with E-state index in [1.165, 1.54) is 6.92 Å². The van der Waals surface area contributed by atoms with Crippen LogP contribution in [0.1, 0.15) is 41.3 Å². The standard InChI is InChI=1S/C22H23BrN2O5/c1-13-10-18(11-14(2)22(13)23)25-20(28)12-30-21(29)9-8-19(27)24-17-6-4-16(5-7-17)15(3)26/h4-7,10-11H,8-9,12H2,1-3H3,(H,24,27)(H,25,28). The third-order valence-corrected chi connectivity index (χ3v) is 5.47. The van der Waals surface area contributed by atoms with Gasteiger partial charge in [0.05, 0.1) is 6.42 Å². The minimum atomic E-state index is -0.643. The van der Waals surface area contributed by atoms with Gasteiger partial charge in [-0.1, -0.05) is 15.9 Å². The van der Waals surface area contributed by atoms with E-state index in [1.54, 1.807) is 24.3 Å². The van der Waals surface area contributed by atoms with E-state index in [-0.39, 0.29) is 24.5 Å². The van der Waals surface area contributed by atoms with E-state index < -0.39 is 18.5 Å². The lowest BCUT2D eigenvalue weighted by atomic mass is 10.1. The van der Waals surface area contributed by atoms with Crippen molar-refractivity contribution < 1.29 is 23.9 Å². The smallest absolute Gasteiger partial charge is 0.306 e. The number of carbonyl (C=O) groups excluding carboxylic acids is 4. The largest absolute Gasteiger partial charge is 0.456 e. The SMILES string of the molecule is CC(=O)c1ccc(NC(=O)CCC(=O)OCC(=O)Nc2cc(C)c(Br)c(C)c2)cc1. The van der Waals surface area contributed by atoms with E-state index in [1.807, 2.05) is 26.0 Å². The number of anilines is 2. The van der Waals surface area contributed by atoms with Gasteiger partial charge in [-0.2, -0.15) is 0 Å². The maximum Gasteiger partial charge on any atom is 0.306 e. The maximum atomic E-state index is 12.0. The predicted molar refractivity (Wildman–Crippen MR) is 118 cm³/mol. The van der Waals surface area contributed by atoms with Crippen LogP contribution in [0, 0.1) is 13.8 Å². The highest BCUT2D eigenvalue weighted by Crippen LogP contribution is 2.24. The topological polar surface area (TPSA) is 102 Å². The zero-order valence-electron chi connectivity index (χ0n) is 17.0. The number of aryl methyl sites for hydroxylation is 2. The van der Waals surface area contributed by atoms with E-state index in [0.29, 0.717) is 16.9 Å². The number of hydrogen-bond acceptors (Lipinski definition) is 5. The van der Waals surface area contributed by atoms with Crippen LogP contribution in [0.3, 0.4) is 0 Å². The van der Waals surface area contributed by atoms with Crippen molar-refractivity contribution in [3.63, 3.8) is 0 Å². The normalized spacial score (nSPS) is 10.3. The van der Waals surface area contributed by atoms with Crippen molar-refractivity contribution in [2.45, 2.75) is 33.6 Å². The Balaban J connectivity index is 1.73. The van der Waals surface area contributed by atoms with Crippen molar-refractivity contribution in [1.82, 2.24) is 0 Å². The van der Waals surface area contributed by atoms with E-state index in [9.17, 15) is 19.2 Å². The minimum absolute atomic E-state index is 0.0648. The summed E-state index contributed by atoms with van der Waals surface area (Å²) in [5.41, 5.74) is 3.64. The zero-order chi connectivity index (χ0) is 22.3. The Kier molecular flexibility index (Phi) is 8.29. The summed E-state index contributed by atoms with van der Waals surface area (Å²) >= 11 is 3.46. The summed E-state index contributed by atoms with van der Waals surface area (Å²) in [6.07, 6.45) is -0.235. The molecule has 2 aromatic rings. The molecule has 0 saturated carbocycles. The molecule has 0 radical (unpaired) electrons. The van der Waals surface area contributed by atoms with Crippen LogP contribution in [-0.4, -0.2) is 30.2 Å². The van der Waals surface area contributed by atoms with Gasteiger partial charge in [0.15, 0.2) is 12.4 Å². The van der Waals surface area contributed by atoms with Gasteiger partial charge in [0, 0.05) is 27.8 Å². The van der Waals surface area contributed by atoms with Crippen LogP contribution in [0.4, 0.5) is 11.4 Å². The van der Waals surface area contributed by atoms with E-state index in [4.69, 9.17) is 4.74 Å². The van der Waals surface area contributed by atoms with E-state index >= 15 is 0 Å². The summed E-state index contributed by atoms with van der Waals surface area (Å²) in [5.74, 6) is -1.53. The van der Waals surface area contributed by atoms with Gasteiger partial charge < -0.3 is 15.4 Å². The molecule has 0 aliphatic heterocycles. The highest BCUT2D eigenvalue weighted by Gasteiger charge is 2.12. The summed E-state index contributed by atoms with van der Waals surface area (Å²) in [7, 11) is 0. The number of halogens is 1. The molecule has 0 saturated heterocycles. The van der Waals surface area contributed by atoms with Gasteiger partial charge in [0.1, 0.15) is 0 Å².